The van der Waals surface area contributed by atoms with Gasteiger partial charge in [-0.1, -0.05) is 6.07 Å². The minimum atomic E-state index is -4.51. The molecule has 4 rings (SSSR count). The molecule has 0 spiro atoms. The number of carbonyl (C=O) groups excluding carboxylic acids is 2. The summed E-state index contributed by atoms with van der Waals surface area (Å²) in [5, 5.41) is 13.6. The minimum absolute atomic E-state index is 0.00862. The van der Waals surface area contributed by atoms with Crippen molar-refractivity contribution in [3.63, 3.8) is 0 Å². The minimum Gasteiger partial charge on any atom is -0.326 e. The van der Waals surface area contributed by atoms with Gasteiger partial charge in [-0.3, -0.25) is 9.59 Å². The van der Waals surface area contributed by atoms with Crippen molar-refractivity contribution in [2.75, 3.05) is 16.8 Å². The second-order valence-corrected chi connectivity index (χ2v) is 6.74. The average Bonchev–Trinajstić information content (AvgIpc) is 3.38. The van der Waals surface area contributed by atoms with Crippen LogP contribution in [0.15, 0.2) is 54.9 Å². The van der Waals surface area contributed by atoms with E-state index in [1.807, 2.05) is 0 Å². The Morgan fingerprint density at radius 2 is 1.87 bits per heavy atom. The average molecular weight is 416 g/mol. The second kappa shape index (κ2) is 7.58. The Kier molecular flexibility index (Phi) is 4.94. The van der Waals surface area contributed by atoms with E-state index in [1.165, 1.54) is 28.0 Å². The van der Waals surface area contributed by atoms with Gasteiger partial charge in [-0.05, 0) is 52.9 Å². The first-order valence-electron chi connectivity index (χ1n) is 8.93. The number of hydrogen-bond donors (Lipinski definition) is 1. The van der Waals surface area contributed by atoms with Crippen molar-refractivity contribution >= 4 is 23.2 Å². The number of alkyl halides is 3. The number of tetrazole rings is 1. The van der Waals surface area contributed by atoms with Gasteiger partial charge in [0.2, 0.25) is 11.8 Å². The summed E-state index contributed by atoms with van der Waals surface area (Å²) in [4.78, 5) is 26.1. The quantitative estimate of drug-likeness (QED) is 0.706. The van der Waals surface area contributed by atoms with Gasteiger partial charge in [0.15, 0.2) is 0 Å². The number of nitrogens with zero attached hydrogens (tertiary/aromatic N) is 5. The van der Waals surface area contributed by atoms with Crippen molar-refractivity contribution < 1.29 is 22.8 Å². The van der Waals surface area contributed by atoms with Crippen molar-refractivity contribution in [3.05, 3.63) is 60.4 Å². The first kappa shape index (κ1) is 19.6. The first-order chi connectivity index (χ1) is 14.3. The van der Waals surface area contributed by atoms with Crippen LogP contribution in [0.5, 0.6) is 0 Å². The molecule has 0 saturated carbocycles. The number of benzene rings is 2. The van der Waals surface area contributed by atoms with Gasteiger partial charge in [0, 0.05) is 24.3 Å². The number of aromatic nitrogens is 4. The molecular formula is C19H15F3N6O2. The number of amides is 2. The highest BCUT2D eigenvalue weighted by Crippen LogP contribution is 2.33. The third-order valence-corrected chi connectivity index (χ3v) is 4.73. The molecule has 0 aliphatic carbocycles. The summed E-state index contributed by atoms with van der Waals surface area (Å²) in [5.74, 6) is -1.46. The lowest BCUT2D eigenvalue weighted by atomic mass is 10.1. The summed E-state index contributed by atoms with van der Waals surface area (Å²) in [6.45, 7) is 0.00862. The highest BCUT2D eigenvalue weighted by Gasteiger charge is 2.37. The van der Waals surface area contributed by atoms with Gasteiger partial charge in [0.05, 0.1) is 17.2 Å². The third kappa shape index (κ3) is 4.00. The van der Waals surface area contributed by atoms with Crippen LogP contribution in [0.3, 0.4) is 0 Å². The maximum absolute atomic E-state index is 12.9. The SMILES string of the molecule is O=C(Nc1ccc(-n2cnnn2)cc1)[C@H]1CC(=O)N(c2cccc(C(F)(F)F)c2)C1. The molecule has 1 N–H and O–H groups in total. The molecule has 2 heterocycles. The van der Waals surface area contributed by atoms with E-state index in [0.717, 1.165) is 12.1 Å². The van der Waals surface area contributed by atoms with E-state index in [-0.39, 0.29) is 24.6 Å². The Labute approximate surface area is 168 Å². The van der Waals surface area contributed by atoms with Crippen LogP contribution < -0.4 is 10.2 Å². The fraction of sp³-hybridized carbons (Fsp3) is 0.211. The Hall–Kier alpha value is -3.76. The van der Waals surface area contributed by atoms with Crippen molar-refractivity contribution in [2.45, 2.75) is 12.6 Å². The highest BCUT2D eigenvalue weighted by molar-refractivity contribution is 6.03. The Morgan fingerprint density at radius 3 is 2.53 bits per heavy atom. The largest absolute Gasteiger partial charge is 0.416 e. The van der Waals surface area contributed by atoms with Gasteiger partial charge in [-0.25, -0.2) is 4.68 Å². The predicted octanol–water partition coefficient (Wildman–Crippen LogP) is 2.67. The lowest BCUT2D eigenvalue weighted by Crippen LogP contribution is -2.28. The zero-order chi connectivity index (χ0) is 21.3. The summed E-state index contributed by atoms with van der Waals surface area (Å²) >= 11 is 0. The molecule has 0 radical (unpaired) electrons. The molecule has 1 saturated heterocycles. The molecule has 30 heavy (non-hydrogen) atoms. The van der Waals surface area contributed by atoms with Crippen molar-refractivity contribution in [1.29, 1.82) is 0 Å². The van der Waals surface area contributed by atoms with E-state index in [2.05, 4.69) is 20.8 Å². The number of halogens is 3. The van der Waals surface area contributed by atoms with Crippen LogP contribution in [0.1, 0.15) is 12.0 Å². The molecule has 2 amide bonds. The smallest absolute Gasteiger partial charge is 0.326 e. The van der Waals surface area contributed by atoms with Crippen LogP contribution >= 0.6 is 0 Å². The highest BCUT2D eigenvalue weighted by atomic mass is 19.4. The van der Waals surface area contributed by atoms with Gasteiger partial charge >= 0.3 is 6.18 Å². The maximum atomic E-state index is 12.9. The summed E-state index contributed by atoms with van der Waals surface area (Å²) in [6, 6.07) is 11.3. The van der Waals surface area contributed by atoms with Gasteiger partial charge < -0.3 is 10.2 Å². The molecule has 0 bridgehead atoms. The molecule has 1 atom stereocenters. The van der Waals surface area contributed by atoms with Crippen LogP contribution in [0.25, 0.3) is 5.69 Å². The molecular weight excluding hydrogens is 401 g/mol. The zero-order valence-corrected chi connectivity index (χ0v) is 15.4. The summed E-state index contributed by atoms with van der Waals surface area (Å²) in [7, 11) is 0. The van der Waals surface area contributed by atoms with Gasteiger partial charge in [-0.15, -0.1) is 5.10 Å². The van der Waals surface area contributed by atoms with E-state index in [0.29, 0.717) is 11.4 Å². The standard InChI is InChI=1S/C19H15F3N6O2/c20-19(21,22)13-2-1-3-16(9-13)27-10-12(8-17(27)29)18(30)24-14-4-6-15(7-5-14)28-11-23-25-26-28/h1-7,9,11-12H,8,10H2,(H,24,30)/t12-/m0/s1. The summed E-state index contributed by atoms with van der Waals surface area (Å²) in [6.07, 6.45) is -3.16. The van der Waals surface area contributed by atoms with Crippen LogP contribution in [0, 0.1) is 5.92 Å². The predicted molar refractivity (Wildman–Crippen MR) is 99.7 cm³/mol. The van der Waals surface area contributed by atoms with Crippen molar-refractivity contribution in [1.82, 2.24) is 20.2 Å². The topological polar surface area (TPSA) is 93.0 Å². The number of hydrogen-bond acceptors (Lipinski definition) is 5. The van der Waals surface area contributed by atoms with Crippen molar-refractivity contribution in [3.8, 4) is 5.69 Å². The van der Waals surface area contributed by atoms with Crippen LogP contribution in [-0.4, -0.2) is 38.6 Å². The van der Waals surface area contributed by atoms with Crippen LogP contribution in [0.2, 0.25) is 0 Å². The van der Waals surface area contributed by atoms with E-state index < -0.39 is 23.6 Å². The molecule has 1 aromatic heterocycles. The fourth-order valence-electron chi connectivity index (χ4n) is 3.20. The van der Waals surface area contributed by atoms with Gasteiger partial charge in [-0.2, -0.15) is 13.2 Å². The molecule has 1 aliphatic heterocycles. The summed E-state index contributed by atoms with van der Waals surface area (Å²) < 4.78 is 40.3. The van der Waals surface area contributed by atoms with E-state index in [4.69, 9.17) is 0 Å². The Morgan fingerprint density at radius 1 is 1.10 bits per heavy atom. The second-order valence-electron chi connectivity index (χ2n) is 6.74. The Bertz CT molecular complexity index is 1070. The van der Waals surface area contributed by atoms with Crippen molar-refractivity contribution in [2.24, 2.45) is 5.92 Å². The van der Waals surface area contributed by atoms with E-state index in [9.17, 15) is 22.8 Å². The van der Waals surface area contributed by atoms with Gasteiger partial charge in [0.25, 0.3) is 0 Å². The Balaban J connectivity index is 1.43. The van der Waals surface area contributed by atoms with Crippen LogP contribution in [0.4, 0.5) is 24.5 Å². The monoisotopic (exact) mass is 416 g/mol. The van der Waals surface area contributed by atoms with Gasteiger partial charge in [0.1, 0.15) is 6.33 Å². The molecule has 8 nitrogen and oxygen atoms in total. The van der Waals surface area contributed by atoms with E-state index in [1.54, 1.807) is 24.3 Å². The number of nitrogens with one attached hydrogen (secondary N) is 1. The zero-order valence-electron chi connectivity index (χ0n) is 15.4. The lowest BCUT2D eigenvalue weighted by molar-refractivity contribution is -0.137. The third-order valence-electron chi connectivity index (χ3n) is 4.73. The number of rotatable bonds is 4. The normalized spacial score (nSPS) is 16.7. The molecule has 11 heteroatoms. The molecule has 3 aromatic rings. The number of anilines is 2. The first-order valence-corrected chi connectivity index (χ1v) is 8.93. The van der Waals surface area contributed by atoms with Crippen LogP contribution in [-0.2, 0) is 15.8 Å². The fourth-order valence-corrected chi connectivity index (χ4v) is 3.20. The molecule has 154 valence electrons. The maximum Gasteiger partial charge on any atom is 0.416 e. The number of carbonyl (C=O) groups is 2. The molecule has 1 fully saturated rings. The molecule has 2 aromatic carbocycles. The molecule has 1 aliphatic rings. The lowest BCUT2D eigenvalue weighted by Gasteiger charge is -2.18. The molecule has 0 unspecified atom stereocenters. The summed E-state index contributed by atoms with van der Waals surface area (Å²) in [5.41, 5.74) is 0.492. The van der Waals surface area contributed by atoms with E-state index >= 15 is 0 Å².